The Kier molecular flexibility index (Phi) is 4.83. The predicted octanol–water partition coefficient (Wildman–Crippen LogP) is 5.14. The molecule has 3 aromatic rings. The number of benzene rings is 2. The average molecular weight is 455 g/mol. The molecule has 1 amide bonds. The van der Waals surface area contributed by atoms with E-state index >= 15 is 0 Å². The fourth-order valence-corrected chi connectivity index (χ4v) is 4.61. The van der Waals surface area contributed by atoms with E-state index in [9.17, 15) is 4.79 Å². The molecule has 0 saturated carbocycles. The van der Waals surface area contributed by atoms with E-state index in [0.717, 1.165) is 16.7 Å². The van der Waals surface area contributed by atoms with Gasteiger partial charge in [0, 0.05) is 35.0 Å². The predicted molar refractivity (Wildman–Crippen MR) is 118 cm³/mol. The van der Waals surface area contributed by atoms with Crippen molar-refractivity contribution >= 4 is 29.1 Å². The molecule has 0 spiro atoms. The normalized spacial score (nSPS) is 24.4. The molecule has 2 aromatic carbocycles. The number of rotatable bonds is 5. The van der Waals surface area contributed by atoms with Crippen LogP contribution in [0.3, 0.4) is 0 Å². The van der Waals surface area contributed by atoms with Gasteiger partial charge in [0.25, 0.3) is 5.91 Å². The van der Waals surface area contributed by atoms with Crippen LogP contribution in [-0.2, 0) is 27.3 Å². The molecule has 1 unspecified atom stereocenters. The summed E-state index contributed by atoms with van der Waals surface area (Å²) in [6, 6.07) is 16.7. The van der Waals surface area contributed by atoms with Gasteiger partial charge in [-0.3, -0.25) is 14.7 Å². The van der Waals surface area contributed by atoms with Crippen LogP contribution < -0.4 is 0 Å². The number of aromatic nitrogens is 1. The maximum absolute atomic E-state index is 13.7. The first-order valence-electron chi connectivity index (χ1n) is 9.90. The Bertz CT molecular complexity index is 1160. The second-order valence-electron chi connectivity index (χ2n) is 7.96. The summed E-state index contributed by atoms with van der Waals surface area (Å²) in [5.74, 6) is -0.130. The van der Waals surface area contributed by atoms with Gasteiger partial charge in [0.05, 0.1) is 23.9 Å². The van der Waals surface area contributed by atoms with Crippen molar-refractivity contribution in [3.05, 3.63) is 98.8 Å². The molecule has 5 rings (SSSR count). The highest BCUT2D eigenvalue weighted by molar-refractivity contribution is 6.30. The highest BCUT2D eigenvalue weighted by Crippen LogP contribution is 2.52. The van der Waals surface area contributed by atoms with E-state index in [1.54, 1.807) is 36.4 Å². The lowest BCUT2D eigenvalue weighted by atomic mass is 9.85. The number of epoxide rings is 1. The van der Waals surface area contributed by atoms with Crippen molar-refractivity contribution in [2.75, 3.05) is 13.7 Å². The molecule has 0 N–H and O–H groups in total. The van der Waals surface area contributed by atoms with Crippen LogP contribution >= 0.6 is 23.2 Å². The van der Waals surface area contributed by atoms with Gasteiger partial charge in [0.2, 0.25) is 0 Å². The third kappa shape index (κ3) is 3.15. The number of methoxy groups -OCH3 is 1. The van der Waals surface area contributed by atoms with Gasteiger partial charge in [-0.25, -0.2) is 0 Å². The van der Waals surface area contributed by atoms with Crippen molar-refractivity contribution in [1.29, 1.82) is 0 Å². The number of halogens is 2. The van der Waals surface area contributed by atoms with E-state index in [1.807, 2.05) is 43.3 Å². The summed E-state index contributed by atoms with van der Waals surface area (Å²) >= 11 is 12.2. The first-order chi connectivity index (χ1) is 14.9. The quantitative estimate of drug-likeness (QED) is 0.500. The third-order valence-electron chi connectivity index (χ3n) is 6.05. The third-order valence-corrected chi connectivity index (χ3v) is 6.52. The van der Waals surface area contributed by atoms with Gasteiger partial charge >= 0.3 is 0 Å². The van der Waals surface area contributed by atoms with Crippen LogP contribution in [0, 0.1) is 0 Å². The Morgan fingerprint density at radius 3 is 2.42 bits per heavy atom. The van der Waals surface area contributed by atoms with Crippen molar-refractivity contribution in [2.24, 2.45) is 0 Å². The number of ether oxygens (including phenoxy) is 2. The molecular weight excluding hydrogens is 435 g/mol. The maximum atomic E-state index is 13.7. The van der Waals surface area contributed by atoms with Gasteiger partial charge in [-0.1, -0.05) is 47.5 Å². The van der Waals surface area contributed by atoms with Gasteiger partial charge in [0.1, 0.15) is 5.60 Å². The number of carbonyl (C=O) groups is 1. The Labute approximate surface area is 190 Å². The minimum atomic E-state index is -1.15. The summed E-state index contributed by atoms with van der Waals surface area (Å²) in [6.45, 7) is 2.87. The number of hydrogen-bond acceptors (Lipinski definition) is 4. The van der Waals surface area contributed by atoms with Gasteiger partial charge in [-0.2, -0.15) is 0 Å². The minimum Gasteiger partial charge on any atom is -0.365 e. The highest BCUT2D eigenvalue weighted by Gasteiger charge is 2.56. The van der Waals surface area contributed by atoms with Crippen molar-refractivity contribution < 1.29 is 14.3 Å². The fourth-order valence-electron chi connectivity index (χ4n) is 4.37. The second-order valence-corrected chi connectivity index (χ2v) is 8.83. The molecule has 0 aliphatic carbocycles. The van der Waals surface area contributed by atoms with Gasteiger partial charge < -0.3 is 9.47 Å². The van der Waals surface area contributed by atoms with E-state index in [0.29, 0.717) is 27.9 Å². The lowest BCUT2D eigenvalue weighted by molar-refractivity contribution is -0.0877. The summed E-state index contributed by atoms with van der Waals surface area (Å²) in [5.41, 5.74) is 2.26. The van der Waals surface area contributed by atoms with Crippen molar-refractivity contribution in [1.82, 2.24) is 9.88 Å². The summed E-state index contributed by atoms with van der Waals surface area (Å²) in [5, 5.41) is 1.15. The molecule has 0 bridgehead atoms. The van der Waals surface area contributed by atoms with Gasteiger partial charge in [-0.15, -0.1) is 0 Å². The Hall–Kier alpha value is -2.44. The van der Waals surface area contributed by atoms with Gasteiger partial charge in [0.15, 0.2) is 5.72 Å². The van der Waals surface area contributed by atoms with E-state index in [4.69, 9.17) is 32.7 Å². The Morgan fingerprint density at radius 1 is 1.10 bits per heavy atom. The van der Waals surface area contributed by atoms with Crippen LogP contribution in [-0.4, -0.2) is 29.5 Å². The number of pyridine rings is 1. The van der Waals surface area contributed by atoms with E-state index in [1.165, 1.54) is 0 Å². The Balaban J connectivity index is 1.74. The second kappa shape index (κ2) is 7.31. The molecule has 31 heavy (non-hydrogen) atoms. The minimum absolute atomic E-state index is 0.130. The fraction of sp³-hybridized carbons (Fsp3) is 0.250. The van der Waals surface area contributed by atoms with Crippen LogP contribution in [0.4, 0.5) is 0 Å². The average Bonchev–Trinajstić information content (AvgIpc) is 3.48. The molecule has 3 heterocycles. The molecular formula is C24H20Cl2N2O3. The summed E-state index contributed by atoms with van der Waals surface area (Å²) in [4.78, 5) is 19.8. The number of hydrogen-bond donors (Lipinski definition) is 0. The maximum Gasteiger partial charge on any atom is 0.257 e. The topological polar surface area (TPSA) is 55.0 Å². The largest absolute Gasteiger partial charge is 0.365 e. The molecule has 0 radical (unpaired) electrons. The molecule has 7 heteroatoms. The van der Waals surface area contributed by atoms with E-state index in [2.05, 4.69) is 4.98 Å². The van der Waals surface area contributed by atoms with Gasteiger partial charge in [-0.05, 0) is 42.8 Å². The highest BCUT2D eigenvalue weighted by atomic mass is 35.5. The number of fused-ring (bicyclic) bond motifs is 1. The summed E-state index contributed by atoms with van der Waals surface area (Å²) in [6.07, 6.45) is 1.58. The van der Waals surface area contributed by atoms with Crippen LogP contribution in [0.25, 0.3) is 0 Å². The molecule has 2 aliphatic heterocycles. The number of nitrogens with zero attached hydrogens (tertiary/aromatic N) is 2. The first kappa shape index (κ1) is 20.5. The smallest absolute Gasteiger partial charge is 0.257 e. The molecule has 1 saturated heterocycles. The van der Waals surface area contributed by atoms with Crippen LogP contribution in [0.2, 0.25) is 10.0 Å². The number of carbonyl (C=O) groups excluding carboxylic acids is 1. The van der Waals surface area contributed by atoms with Crippen LogP contribution in [0.15, 0.2) is 60.8 Å². The van der Waals surface area contributed by atoms with E-state index in [-0.39, 0.29) is 12.5 Å². The van der Waals surface area contributed by atoms with E-state index < -0.39 is 11.3 Å². The molecule has 5 nitrogen and oxygen atoms in total. The SMILES string of the molecule is CO[C@]1(c2ccc(Cl)cc2)c2c(cccc2C2(C)CO2)C(=O)N1Cc1ccc(Cl)cn1. The lowest BCUT2D eigenvalue weighted by Crippen LogP contribution is -2.46. The first-order valence-corrected chi connectivity index (χ1v) is 10.7. The Morgan fingerprint density at radius 2 is 1.81 bits per heavy atom. The van der Waals surface area contributed by atoms with Crippen molar-refractivity contribution in [3.8, 4) is 0 Å². The van der Waals surface area contributed by atoms with Crippen molar-refractivity contribution in [3.63, 3.8) is 0 Å². The monoisotopic (exact) mass is 454 g/mol. The molecule has 2 atom stereocenters. The molecule has 158 valence electrons. The standard InChI is InChI=1S/C24H20Cl2N2O3/c1-23(14-31-23)20-5-3-4-19-21(20)24(30-2,15-6-8-16(25)9-7-15)28(22(19)29)13-18-11-10-17(26)12-27-18/h3-12H,13-14H2,1-2H3/t23?,24-/m1/s1. The van der Waals surface area contributed by atoms with Crippen LogP contribution in [0.5, 0.6) is 0 Å². The molecule has 1 aromatic heterocycles. The zero-order valence-corrected chi connectivity index (χ0v) is 18.6. The number of amides is 1. The van der Waals surface area contributed by atoms with Crippen molar-refractivity contribution in [2.45, 2.75) is 24.8 Å². The zero-order chi connectivity index (χ0) is 21.8. The zero-order valence-electron chi connectivity index (χ0n) is 17.1. The summed E-state index contributed by atoms with van der Waals surface area (Å²) < 4.78 is 12.0. The molecule has 2 aliphatic rings. The van der Waals surface area contributed by atoms with Crippen LogP contribution in [0.1, 0.15) is 39.7 Å². The summed E-state index contributed by atoms with van der Waals surface area (Å²) in [7, 11) is 1.62. The lowest BCUT2D eigenvalue weighted by Gasteiger charge is -2.39. The molecule has 1 fully saturated rings.